The van der Waals surface area contributed by atoms with E-state index in [1.165, 1.54) is 0 Å². The first kappa shape index (κ1) is 16.1. The quantitative estimate of drug-likeness (QED) is 0.497. The zero-order valence-corrected chi connectivity index (χ0v) is 13.3. The lowest BCUT2D eigenvalue weighted by atomic mass is 9.97. The number of halogens is 2. The van der Waals surface area contributed by atoms with Crippen LogP contribution in [0.5, 0.6) is 0 Å². The molecular formula is C22H18F2. The number of hydrogen-bond donors (Lipinski definition) is 0. The summed E-state index contributed by atoms with van der Waals surface area (Å²) in [6.07, 6.45) is -0.663. The van der Waals surface area contributed by atoms with Crippen molar-refractivity contribution < 1.29 is 8.78 Å². The van der Waals surface area contributed by atoms with Gasteiger partial charge < -0.3 is 0 Å². The molecule has 0 bridgehead atoms. The first-order chi connectivity index (χ1) is 11.7. The Bertz CT molecular complexity index is 800. The third-order valence-electron chi connectivity index (χ3n) is 4.08. The maximum Gasteiger partial charge on any atom is 0.274 e. The third-order valence-corrected chi connectivity index (χ3v) is 4.08. The van der Waals surface area contributed by atoms with E-state index in [0.29, 0.717) is 18.4 Å². The molecule has 3 aromatic rings. The summed E-state index contributed by atoms with van der Waals surface area (Å²) in [5.74, 6) is 0. The number of benzene rings is 3. The molecule has 0 aliphatic rings. The van der Waals surface area contributed by atoms with Crippen LogP contribution in [0, 0.1) is 0 Å². The molecule has 0 heterocycles. The van der Waals surface area contributed by atoms with E-state index < -0.39 is 6.08 Å². The van der Waals surface area contributed by atoms with E-state index in [0.717, 1.165) is 16.7 Å². The van der Waals surface area contributed by atoms with Gasteiger partial charge in [0.15, 0.2) is 0 Å². The SMILES string of the molecule is FC(F)=C(CCc1ccccc1)c1ccc(-c2ccccc2)cc1. The summed E-state index contributed by atoms with van der Waals surface area (Å²) >= 11 is 0. The topological polar surface area (TPSA) is 0 Å². The number of aryl methyl sites for hydroxylation is 1. The molecule has 120 valence electrons. The first-order valence-corrected chi connectivity index (χ1v) is 7.98. The summed E-state index contributed by atoms with van der Waals surface area (Å²) in [4.78, 5) is 0. The predicted octanol–water partition coefficient (Wildman–Crippen LogP) is 6.59. The van der Waals surface area contributed by atoms with Crippen LogP contribution in [0.4, 0.5) is 8.78 Å². The maximum atomic E-state index is 13.4. The van der Waals surface area contributed by atoms with E-state index in [1.807, 2.05) is 72.8 Å². The monoisotopic (exact) mass is 320 g/mol. The maximum absolute atomic E-state index is 13.4. The van der Waals surface area contributed by atoms with Gasteiger partial charge in [0.25, 0.3) is 6.08 Å². The standard InChI is InChI=1S/C22H18F2/c23-22(24)21(16-11-17-7-3-1-4-8-17)20-14-12-19(13-15-20)18-9-5-2-6-10-18/h1-10,12-15H,11,16H2. The Balaban J connectivity index is 1.78. The second-order valence-electron chi connectivity index (χ2n) is 5.67. The van der Waals surface area contributed by atoms with Crippen molar-refractivity contribution in [3.05, 3.63) is 102 Å². The smallest absolute Gasteiger partial charge is 0.173 e. The highest BCUT2D eigenvalue weighted by atomic mass is 19.3. The fourth-order valence-electron chi connectivity index (χ4n) is 2.76. The van der Waals surface area contributed by atoms with Crippen LogP contribution >= 0.6 is 0 Å². The van der Waals surface area contributed by atoms with Gasteiger partial charge in [-0.05, 0) is 35.1 Å². The fourth-order valence-corrected chi connectivity index (χ4v) is 2.76. The molecule has 0 aromatic heterocycles. The normalized spacial score (nSPS) is 10.4. The van der Waals surface area contributed by atoms with Crippen LogP contribution < -0.4 is 0 Å². The molecule has 0 aliphatic heterocycles. The Morgan fingerprint density at radius 1 is 0.625 bits per heavy atom. The molecule has 0 spiro atoms. The van der Waals surface area contributed by atoms with Gasteiger partial charge in [-0.1, -0.05) is 84.9 Å². The average molecular weight is 320 g/mol. The summed E-state index contributed by atoms with van der Waals surface area (Å²) in [5, 5.41) is 0. The number of rotatable bonds is 5. The van der Waals surface area contributed by atoms with Crippen molar-refractivity contribution in [2.45, 2.75) is 12.8 Å². The Labute approximate surface area is 141 Å². The Morgan fingerprint density at radius 2 is 1.17 bits per heavy atom. The van der Waals surface area contributed by atoms with Crippen molar-refractivity contribution in [3.8, 4) is 11.1 Å². The van der Waals surface area contributed by atoms with Crippen molar-refractivity contribution in [1.82, 2.24) is 0 Å². The minimum Gasteiger partial charge on any atom is -0.173 e. The van der Waals surface area contributed by atoms with Crippen LogP contribution in [0.2, 0.25) is 0 Å². The minimum atomic E-state index is -1.60. The molecule has 0 fully saturated rings. The van der Waals surface area contributed by atoms with Gasteiger partial charge in [0.1, 0.15) is 0 Å². The van der Waals surface area contributed by atoms with E-state index >= 15 is 0 Å². The molecule has 0 aliphatic carbocycles. The van der Waals surface area contributed by atoms with Gasteiger partial charge in [-0.3, -0.25) is 0 Å². The van der Waals surface area contributed by atoms with Crippen LogP contribution in [0.3, 0.4) is 0 Å². The van der Waals surface area contributed by atoms with Gasteiger partial charge in [0.2, 0.25) is 0 Å². The largest absolute Gasteiger partial charge is 0.274 e. The van der Waals surface area contributed by atoms with Gasteiger partial charge in [-0.15, -0.1) is 0 Å². The van der Waals surface area contributed by atoms with Crippen LogP contribution in [0.25, 0.3) is 16.7 Å². The lowest BCUT2D eigenvalue weighted by molar-refractivity contribution is 0.423. The summed E-state index contributed by atoms with van der Waals surface area (Å²) in [6.45, 7) is 0. The molecule has 0 amide bonds. The molecule has 2 heteroatoms. The Morgan fingerprint density at radius 3 is 1.75 bits per heavy atom. The fraction of sp³-hybridized carbons (Fsp3) is 0.0909. The van der Waals surface area contributed by atoms with E-state index in [4.69, 9.17) is 0 Å². The summed E-state index contributed by atoms with van der Waals surface area (Å²) in [5.41, 5.74) is 3.89. The molecule has 0 nitrogen and oxygen atoms in total. The summed E-state index contributed by atoms with van der Waals surface area (Å²) < 4.78 is 26.8. The minimum absolute atomic E-state index is 0.124. The zero-order chi connectivity index (χ0) is 16.8. The van der Waals surface area contributed by atoms with Crippen molar-refractivity contribution in [3.63, 3.8) is 0 Å². The Hall–Kier alpha value is -2.74. The van der Waals surface area contributed by atoms with E-state index in [1.54, 1.807) is 12.1 Å². The molecule has 0 saturated carbocycles. The lowest BCUT2D eigenvalue weighted by Crippen LogP contribution is -1.91. The molecule has 0 radical (unpaired) electrons. The van der Waals surface area contributed by atoms with E-state index in [2.05, 4.69) is 0 Å². The second-order valence-corrected chi connectivity index (χ2v) is 5.67. The van der Waals surface area contributed by atoms with Gasteiger partial charge in [0, 0.05) is 5.57 Å². The van der Waals surface area contributed by atoms with Gasteiger partial charge in [-0.2, -0.15) is 8.78 Å². The van der Waals surface area contributed by atoms with Crippen LogP contribution in [0.1, 0.15) is 17.5 Å². The molecule has 24 heavy (non-hydrogen) atoms. The molecule has 0 saturated heterocycles. The van der Waals surface area contributed by atoms with Crippen LogP contribution in [-0.4, -0.2) is 0 Å². The van der Waals surface area contributed by atoms with Crippen molar-refractivity contribution in [2.24, 2.45) is 0 Å². The van der Waals surface area contributed by atoms with Crippen LogP contribution in [0.15, 0.2) is 91.0 Å². The number of allylic oxidation sites excluding steroid dienone is 1. The van der Waals surface area contributed by atoms with Gasteiger partial charge in [0.05, 0.1) is 0 Å². The highest BCUT2D eigenvalue weighted by Crippen LogP contribution is 2.28. The molecule has 3 aromatic carbocycles. The first-order valence-electron chi connectivity index (χ1n) is 7.98. The van der Waals surface area contributed by atoms with Crippen molar-refractivity contribution >= 4 is 5.57 Å². The molecule has 0 atom stereocenters. The van der Waals surface area contributed by atoms with E-state index in [-0.39, 0.29) is 5.57 Å². The van der Waals surface area contributed by atoms with Gasteiger partial charge in [-0.25, -0.2) is 0 Å². The van der Waals surface area contributed by atoms with E-state index in [9.17, 15) is 8.78 Å². The summed E-state index contributed by atoms with van der Waals surface area (Å²) in [6, 6.07) is 27.0. The average Bonchev–Trinajstić information content (AvgIpc) is 2.64. The predicted molar refractivity (Wildman–Crippen MR) is 95.8 cm³/mol. The van der Waals surface area contributed by atoms with Crippen molar-refractivity contribution in [1.29, 1.82) is 0 Å². The van der Waals surface area contributed by atoms with Crippen LogP contribution in [-0.2, 0) is 6.42 Å². The van der Waals surface area contributed by atoms with Crippen molar-refractivity contribution in [2.75, 3.05) is 0 Å². The molecule has 3 rings (SSSR count). The zero-order valence-electron chi connectivity index (χ0n) is 13.3. The number of hydrogen-bond acceptors (Lipinski definition) is 0. The third kappa shape index (κ3) is 3.96. The molecular weight excluding hydrogens is 302 g/mol. The lowest BCUT2D eigenvalue weighted by Gasteiger charge is -2.09. The summed E-state index contributed by atoms with van der Waals surface area (Å²) in [7, 11) is 0. The van der Waals surface area contributed by atoms with Gasteiger partial charge >= 0.3 is 0 Å². The molecule has 0 N–H and O–H groups in total. The highest BCUT2D eigenvalue weighted by Gasteiger charge is 2.10. The second kappa shape index (κ2) is 7.69. The molecule has 0 unspecified atom stereocenters. The highest BCUT2D eigenvalue weighted by molar-refractivity contribution is 5.71. The Kier molecular flexibility index (Phi) is 5.17.